The molecule has 0 bridgehead atoms. The Morgan fingerprint density at radius 3 is 2.86 bits per heavy atom. The summed E-state index contributed by atoms with van der Waals surface area (Å²) in [5.74, 6) is -2.59. The zero-order chi connectivity index (χ0) is 24.7. The molecule has 2 aromatic carbocycles. The number of alkyl halides is 2. The Bertz CT molecular complexity index is 1260. The second kappa shape index (κ2) is 9.16. The van der Waals surface area contributed by atoms with Gasteiger partial charge < -0.3 is 24.6 Å². The number of hydrogen-bond donors (Lipinski definition) is 2. The van der Waals surface area contributed by atoms with Crippen molar-refractivity contribution in [2.45, 2.75) is 44.8 Å². The highest BCUT2D eigenvalue weighted by Gasteiger charge is 2.35. The molecule has 10 heteroatoms. The summed E-state index contributed by atoms with van der Waals surface area (Å²) in [4.78, 5) is 9.15. The van der Waals surface area contributed by atoms with Crippen LogP contribution in [-0.2, 0) is 17.1 Å². The van der Waals surface area contributed by atoms with Gasteiger partial charge in [-0.1, -0.05) is 12.1 Å². The molecule has 0 spiro atoms. The summed E-state index contributed by atoms with van der Waals surface area (Å²) in [6, 6.07) is 4.85. The van der Waals surface area contributed by atoms with Crippen LogP contribution in [0.25, 0.3) is 10.9 Å². The van der Waals surface area contributed by atoms with Crippen LogP contribution >= 0.6 is 0 Å². The predicted molar refractivity (Wildman–Crippen MR) is 123 cm³/mol. The standard InChI is InChI=1S/C25H26F3N3O4/c1-13(16-4-3-5-19(21(16)26)25(27,28)12-32)29-24-18-10-20(35-15-6-8-33-11-15)23-17(7-9-34-23)22(18)30-14(2)31-24/h3-5,10,13,15,32H,6-9,11-12H2,1-2H3,(H,29,30,31)/t13?,15-/m0/s1. The first-order valence-corrected chi connectivity index (χ1v) is 11.5. The smallest absolute Gasteiger partial charge is 0.298 e. The topological polar surface area (TPSA) is 85.7 Å². The molecular weight excluding hydrogens is 463 g/mol. The minimum atomic E-state index is -3.69. The van der Waals surface area contributed by atoms with Crippen molar-refractivity contribution in [3.05, 3.63) is 52.6 Å². The van der Waals surface area contributed by atoms with Crippen molar-refractivity contribution in [1.29, 1.82) is 0 Å². The lowest BCUT2D eigenvalue weighted by Gasteiger charge is -2.22. The van der Waals surface area contributed by atoms with E-state index >= 15 is 4.39 Å². The van der Waals surface area contributed by atoms with Crippen LogP contribution in [0.3, 0.4) is 0 Å². The van der Waals surface area contributed by atoms with Gasteiger partial charge >= 0.3 is 0 Å². The number of nitrogens with zero attached hydrogens (tertiary/aromatic N) is 2. The summed E-state index contributed by atoms with van der Waals surface area (Å²) in [6.07, 6.45) is 1.34. The molecule has 0 saturated carbocycles. The third kappa shape index (κ3) is 4.36. The molecule has 0 aliphatic carbocycles. The third-order valence-corrected chi connectivity index (χ3v) is 6.34. The summed E-state index contributed by atoms with van der Waals surface area (Å²) < 4.78 is 60.6. The summed E-state index contributed by atoms with van der Waals surface area (Å²) in [6.45, 7) is 3.56. The third-order valence-electron chi connectivity index (χ3n) is 6.34. The van der Waals surface area contributed by atoms with Gasteiger partial charge in [-0.25, -0.2) is 14.4 Å². The Morgan fingerprint density at radius 1 is 1.29 bits per heavy atom. The minimum absolute atomic E-state index is 0.0316. The first-order chi connectivity index (χ1) is 16.8. The highest BCUT2D eigenvalue weighted by Crippen LogP contribution is 2.43. The van der Waals surface area contributed by atoms with E-state index in [2.05, 4.69) is 15.3 Å². The molecule has 7 nitrogen and oxygen atoms in total. The van der Waals surface area contributed by atoms with Crippen LogP contribution in [0.15, 0.2) is 24.3 Å². The zero-order valence-corrected chi connectivity index (χ0v) is 19.4. The van der Waals surface area contributed by atoms with Crippen molar-refractivity contribution in [3.8, 4) is 11.5 Å². The monoisotopic (exact) mass is 489 g/mol. The molecular formula is C25H26F3N3O4. The highest BCUT2D eigenvalue weighted by molar-refractivity contribution is 5.95. The average Bonchev–Trinajstić information content (AvgIpc) is 3.52. The van der Waals surface area contributed by atoms with E-state index in [1.165, 1.54) is 12.1 Å². The second-order valence-corrected chi connectivity index (χ2v) is 8.84. The number of halogens is 3. The maximum atomic E-state index is 15.1. The van der Waals surface area contributed by atoms with Crippen LogP contribution in [0.4, 0.5) is 19.0 Å². The van der Waals surface area contributed by atoms with Gasteiger partial charge in [0.05, 0.1) is 36.9 Å². The Morgan fingerprint density at radius 2 is 2.11 bits per heavy atom. The van der Waals surface area contributed by atoms with Gasteiger partial charge in [0.25, 0.3) is 5.92 Å². The number of aliphatic hydroxyl groups excluding tert-OH is 1. The van der Waals surface area contributed by atoms with E-state index in [0.717, 1.165) is 18.1 Å². The minimum Gasteiger partial charge on any atom is -0.489 e. The lowest BCUT2D eigenvalue weighted by molar-refractivity contribution is -0.0583. The van der Waals surface area contributed by atoms with Crippen molar-refractivity contribution in [2.75, 3.05) is 31.7 Å². The molecule has 1 aromatic heterocycles. The first-order valence-electron chi connectivity index (χ1n) is 11.5. The van der Waals surface area contributed by atoms with Crippen LogP contribution in [-0.4, -0.2) is 47.6 Å². The van der Waals surface area contributed by atoms with Gasteiger partial charge in [0.1, 0.15) is 30.2 Å². The van der Waals surface area contributed by atoms with Crippen LogP contribution in [0.1, 0.15) is 41.9 Å². The van der Waals surface area contributed by atoms with Gasteiger partial charge in [0.2, 0.25) is 0 Å². The SMILES string of the molecule is Cc1nc(NC(C)c2cccc(C(F)(F)CO)c2F)c2cc(O[C@H]3CCOC3)c3c(c2n1)CCO3. The van der Waals surface area contributed by atoms with E-state index in [1.54, 1.807) is 19.9 Å². The Balaban J connectivity index is 1.55. The Labute approximate surface area is 200 Å². The normalized spacial score (nSPS) is 18.4. The molecule has 35 heavy (non-hydrogen) atoms. The van der Waals surface area contributed by atoms with Crippen molar-refractivity contribution in [1.82, 2.24) is 9.97 Å². The van der Waals surface area contributed by atoms with E-state index in [-0.39, 0.29) is 11.7 Å². The van der Waals surface area contributed by atoms with E-state index in [1.807, 2.05) is 0 Å². The number of fused-ring (bicyclic) bond motifs is 3. The number of nitrogens with one attached hydrogen (secondary N) is 1. The first kappa shape index (κ1) is 23.6. The van der Waals surface area contributed by atoms with Crippen molar-refractivity contribution in [3.63, 3.8) is 0 Å². The zero-order valence-electron chi connectivity index (χ0n) is 19.4. The summed E-state index contributed by atoms with van der Waals surface area (Å²) in [7, 11) is 0. The molecule has 1 fully saturated rings. The highest BCUT2D eigenvalue weighted by atomic mass is 19.3. The molecule has 1 saturated heterocycles. The lowest BCUT2D eigenvalue weighted by Crippen LogP contribution is -2.22. The number of aromatic nitrogens is 2. The summed E-state index contributed by atoms with van der Waals surface area (Å²) >= 11 is 0. The van der Waals surface area contributed by atoms with Crippen LogP contribution in [0.5, 0.6) is 11.5 Å². The average molecular weight is 489 g/mol. The number of anilines is 1. The number of benzene rings is 2. The largest absolute Gasteiger partial charge is 0.489 e. The number of aliphatic hydroxyl groups is 1. The van der Waals surface area contributed by atoms with Crippen molar-refractivity contribution in [2.24, 2.45) is 0 Å². The molecule has 0 amide bonds. The van der Waals surface area contributed by atoms with Gasteiger partial charge in [-0.05, 0) is 26.0 Å². The fraction of sp³-hybridized carbons (Fsp3) is 0.440. The number of rotatable bonds is 7. The van der Waals surface area contributed by atoms with Crippen LogP contribution < -0.4 is 14.8 Å². The molecule has 2 aliphatic rings. The lowest BCUT2D eigenvalue weighted by atomic mass is 10.00. The molecule has 2 N–H and O–H groups in total. The van der Waals surface area contributed by atoms with Crippen molar-refractivity contribution < 1.29 is 32.5 Å². The molecule has 5 rings (SSSR count). The number of ether oxygens (including phenoxy) is 3. The van der Waals surface area contributed by atoms with Gasteiger partial charge in [0.15, 0.2) is 11.5 Å². The van der Waals surface area contributed by atoms with Gasteiger partial charge in [-0.15, -0.1) is 0 Å². The Kier molecular flexibility index (Phi) is 6.18. The van der Waals surface area contributed by atoms with Gasteiger partial charge in [-0.2, -0.15) is 8.78 Å². The van der Waals surface area contributed by atoms with E-state index in [4.69, 9.17) is 19.3 Å². The molecule has 186 valence electrons. The Hall–Kier alpha value is -3.11. The van der Waals surface area contributed by atoms with E-state index in [0.29, 0.717) is 60.3 Å². The van der Waals surface area contributed by atoms with E-state index in [9.17, 15) is 8.78 Å². The van der Waals surface area contributed by atoms with E-state index < -0.39 is 30.0 Å². The molecule has 3 aromatic rings. The number of aryl methyl sites for hydroxylation is 1. The maximum absolute atomic E-state index is 15.1. The van der Waals surface area contributed by atoms with Crippen LogP contribution in [0, 0.1) is 12.7 Å². The molecule has 2 atom stereocenters. The summed E-state index contributed by atoms with van der Waals surface area (Å²) in [5, 5.41) is 12.8. The molecule has 3 heterocycles. The molecule has 2 aliphatic heterocycles. The number of hydrogen-bond acceptors (Lipinski definition) is 7. The molecule has 1 unspecified atom stereocenters. The predicted octanol–water partition coefficient (Wildman–Crippen LogP) is 4.44. The maximum Gasteiger partial charge on any atom is 0.298 e. The quantitative estimate of drug-likeness (QED) is 0.508. The molecule has 0 radical (unpaired) electrons. The van der Waals surface area contributed by atoms with Crippen LogP contribution in [0.2, 0.25) is 0 Å². The summed E-state index contributed by atoms with van der Waals surface area (Å²) in [5.41, 5.74) is 0.799. The second-order valence-electron chi connectivity index (χ2n) is 8.84. The van der Waals surface area contributed by atoms with Gasteiger partial charge in [0, 0.05) is 29.4 Å². The fourth-order valence-corrected chi connectivity index (χ4v) is 4.56. The van der Waals surface area contributed by atoms with Gasteiger partial charge in [-0.3, -0.25) is 0 Å². The fourth-order valence-electron chi connectivity index (χ4n) is 4.56. The van der Waals surface area contributed by atoms with Crippen molar-refractivity contribution >= 4 is 16.7 Å².